The molecule has 2 aliphatic rings. The third-order valence-corrected chi connectivity index (χ3v) is 6.67. The summed E-state index contributed by atoms with van der Waals surface area (Å²) in [4.78, 5) is 24.6. The third kappa shape index (κ3) is 3.64. The molecule has 7 nitrogen and oxygen atoms in total. The van der Waals surface area contributed by atoms with Crippen molar-refractivity contribution in [2.24, 2.45) is 5.73 Å². The second kappa shape index (κ2) is 8.05. The standard InChI is InChI=1S/C24H26N6O/c25-12-16-5-8-22-21(11-16)17(13-28-22)3-2-10-29-14-18-6-7-19(15-29)30(18)24-20(23(26)31)4-1-9-27-24/h1,4-5,8-9,11,13,18-19,28H,2-3,6-7,10,14-15H2,(H2,26,31). The Balaban J connectivity index is 1.23. The van der Waals surface area contributed by atoms with E-state index in [1.54, 1.807) is 18.3 Å². The topological polar surface area (TPSA) is 102 Å². The fourth-order valence-electron chi connectivity index (χ4n) is 5.26. The highest BCUT2D eigenvalue weighted by atomic mass is 16.1. The first-order valence-corrected chi connectivity index (χ1v) is 10.9. The Morgan fingerprint density at radius 1 is 1.26 bits per heavy atom. The fraction of sp³-hybridized carbons (Fsp3) is 0.375. The van der Waals surface area contributed by atoms with Gasteiger partial charge in [-0.1, -0.05) is 0 Å². The molecule has 7 heteroatoms. The molecule has 2 bridgehead atoms. The van der Waals surface area contributed by atoms with Crippen LogP contribution < -0.4 is 10.6 Å². The lowest BCUT2D eigenvalue weighted by Crippen LogP contribution is -2.54. The van der Waals surface area contributed by atoms with Crippen molar-refractivity contribution in [3.63, 3.8) is 0 Å². The van der Waals surface area contributed by atoms with Gasteiger partial charge in [0.15, 0.2) is 0 Å². The van der Waals surface area contributed by atoms with Gasteiger partial charge in [-0.3, -0.25) is 9.69 Å². The molecule has 3 aromatic rings. The van der Waals surface area contributed by atoms with Gasteiger partial charge in [-0.25, -0.2) is 4.98 Å². The van der Waals surface area contributed by atoms with Crippen LogP contribution in [-0.4, -0.2) is 52.5 Å². The number of nitriles is 1. The van der Waals surface area contributed by atoms with Gasteiger partial charge in [-0.05, 0) is 68.1 Å². The van der Waals surface area contributed by atoms with Crippen molar-refractivity contribution >= 4 is 22.6 Å². The Labute approximate surface area is 181 Å². The molecule has 2 atom stereocenters. The van der Waals surface area contributed by atoms with Crippen LogP contribution in [0.5, 0.6) is 0 Å². The van der Waals surface area contributed by atoms with Gasteiger partial charge in [0, 0.05) is 48.5 Å². The third-order valence-electron chi connectivity index (χ3n) is 6.67. The Morgan fingerprint density at radius 2 is 2.06 bits per heavy atom. The van der Waals surface area contributed by atoms with Gasteiger partial charge < -0.3 is 15.6 Å². The number of pyridine rings is 1. The second-order valence-electron chi connectivity index (χ2n) is 8.58. The number of aromatic amines is 1. The first-order chi connectivity index (χ1) is 15.1. The van der Waals surface area contributed by atoms with Crippen LogP contribution in [0.4, 0.5) is 5.82 Å². The van der Waals surface area contributed by atoms with Crippen LogP contribution in [0.3, 0.4) is 0 Å². The SMILES string of the molecule is N#Cc1ccc2[nH]cc(CCCN3CC4CCC(C3)N4c3ncccc3C(N)=O)c2c1. The molecule has 2 aliphatic heterocycles. The second-order valence-corrected chi connectivity index (χ2v) is 8.58. The zero-order chi connectivity index (χ0) is 21.4. The number of primary amides is 1. The quantitative estimate of drug-likeness (QED) is 0.646. The normalized spacial score (nSPS) is 20.8. The minimum atomic E-state index is -0.414. The van der Waals surface area contributed by atoms with Crippen LogP contribution in [0.2, 0.25) is 0 Å². The molecule has 5 rings (SSSR count). The lowest BCUT2D eigenvalue weighted by molar-refractivity contribution is 0.1000. The van der Waals surface area contributed by atoms with Crippen LogP contribution in [0.1, 0.15) is 40.7 Å². The zero-order valence-corrected chi connectivity index (χ0v) is 17.4. The average molecular weight is 415 g/mol. The van der Waals surface area contributed by atoms with Crippen LogP contribution >= 0.6 is 0 Å². The van der Waals surface area contributed by atoms with E-state index in [0.29, 0.717) is 23.2 Å². The van der Waals surface area contributed by atoms with Gasteiger partial charge in [0.2, 0.25) is 0 Å². The number of amides is 1. The Bertz CT molecular complexity index is 1150. The number of hydrogen-bond acceptors (Lipinski definition) is 5. The summed E-state index contributed by atoms with van der Waals surface area (Å²) in [5.74, 6) is 0.331. The predicted octanol–water partition coefficient (Wildman–Crippen LogP) is 2.82. The van der Waals surface area contributed by atoms with Crippen molar-refractivity contribution in [1.82, 2.24) is 14.9 Å². The van der Waals surface area contributed by atoms with E-state index >= 15 is 0 Å². The van der Waals surface area contributed by atoms with Crippen molar-refractivity contribution in [1.29, 1.82) is 5.26 Å². The summed E-state index contributed by atoms with van der Waals surface area (Å²) in [5.41, 5.74) is 9.17. The van der Waals surface area contributed by atoms with Gasteiger partial charge in [0.05, 0.1) is 17.2 Å². The molecule has 158 valence electrons. The van der Waals surface area contributed by atoms with Gasteiger partial charge >= 0.3 is 0 Å². The van der Waals surface area contributed by atoms with E-state index < -0.39 is 5.91 Å². The molecule has 0 aliphatic carbocycles. The number of anilines is 1. The molecule has 1 amide bonds. The number of benzene rings is 1. The molecule has 0 spiro atoms. The number of carbonyl (C=O) groups excluding carboxylic acids is 1. The van der Waals surface area contributed by atoms with Crippen molar-refractivity contribution in [2.75, 3.05) is 24.5 Å². The number of fused-ring (bicyclic) bond motifs is 3. The number of carbonyl (C=O) groups is 1. The van der Waals surface area contributed by atoms with Gasteiger partial charge in [-0.2, -0.15) is 5.26 Å². The number of H-pyrrole nitrogens is 1. The number of likely N-dealkylation sites (tertiary alicyclic amines) is 1. The minimum absolute atomic E-state index is 0.373. The molecule has 31 heavy (non-hydrogen) atoms. The fourth-order valence-corrected chi connectivity index (χ4v) is 5.26. The Hall–Kier alpha value is -3.37. The number of rotatable bonds is 6. The first kappa shape index (κ1) is 19.6. The lowest BCUT2D eigenvalue weighted by atomic mass is 10.1. The Kier molecular flexibility index (Phi) is 5.08. The minimum Gasteiger partial charge on any atom is -0.365 e. The maximum absolute atomic E-state index is 11.9. The van der Waals surface area contributed by atoms with E-state index in [1.165, 1.54) is 5.56 Å². The summed E-state index contributed by atoms with van der Waals surface area (Å²) in [7, 11) is 0. The molecular formula is C24H26N6O. The molecule has 2 unspecified atom stereocenters. The first-order valence-electron chi connectivity index (χ1n) is 10.9. The van der Waals surface area contributed by atoms with Crippen molar-refractivity contribution in [2.45, 2.75) is 37.8 Å². The largest absolute Gasteiger partial charge is 0.365 e. The van der Waals surface area contributed by atoms with E-state index in [-0.39, 0.29) is 0 Å². The van der Waals surface area contributed by atoms with Crippen LogP contribution in [-0.2, 0) is 6.42 Å². The summed E-state index contributed by atoms with van der Waals surface area (Å²) in [6, 6.07) is 12.3. The summed E-state index contributed by atoms with van der Waals surface area (Å²) >= 11 is 0. The molecule has 3 N–H and O–H groups in total. The number of nitrogens with two attached hydrogens (primary N) is 1. The molecule has 4 heterocycles. The van der Waals surface area contributed by atoms with Crippen LogP contribution in [0.25, 0.3) is 10.9 Å². The number of nitrogens with one attached hydrogen (secondary N) is 1. The van der Waals surface area contributed by atoms with E-state index in [1.807, 2.05) is 18.2 Å². The molecule has 2 saturated heterocycles. The van der Waals surface area contributed by atoms with Crippen molar-refractivity contribution in [3.8, 4) is 6.07 Å². The summed E-state index contributed by atoms with van der Waals surface area (Å²) in [6.07, 6.45) is 8.10. The number of nitrogens with zero attached hydrogens (tertiary/aromatic N) is 4. The molecule has 0 saturated carbocycles. The predicted molar refractivity (Wildman–Crippen MR) is 120 cm³/mol. The maximum Gasteiger partial charge on any atom is 0.252 e. The van der Waals surface area contributed by atoms with Crippen molar-refractivity contribution in [3.05, 3.63) is 59.4 Å². The average Bonchev–Trinajstić information content (AvgIpc) is 3.31. The molecule has 0 radical (unpaired) electrons. The smallest absolute Gasteiger partial charge is 0.252 e. The van der Waals surface area contributed by atoms with Crippen LogP contribution in [0.15, 0.2) is 42.7 Å². The summed E-state index contributed by atoms with van der Waals surface area (Å²) in [5, 5.41) is 10.3. The highest BCUT2D eigenvalue weighted by Gasteiger charge is 2.41. The molecule has 2 aromatic heterocycles. The van der Waals surface area contributed by atoms with Gasteiger partial charge in [0.1, 0.15) is 5.82 Å². The van der Waals surface area contributed by atoms with Crippen molar-refractivity contribution < 1.29 is 4.79 Å². The van der Waals surface area contributed by atoms with Crippen LogP contribution in [0, 0.1) is 11.3 Å². The summed E-state index contributed by atoms with van der Waals surface area (Å²) < 4.78 is 0. The highest BCUT2D eigenvalue weighted by molar-refractivity contribution is 5.97. The lowest BCUT2D eigenvalue weighted by Gasteiger charge is -2.42. The molecule has 1 aromatic carbocycles. The van der Waals surface area contributed by atoms with E-state index in [0.717, 1.165) is 62.0 Å². The molecular weight excluding hydrogens is 388 g/mol. The van der Waals surface area contributed by atoms with E-state index in [2.05, 4.69) is 32.0 Å². The van der Waals surface area contributed by atoms with Gasteiger partial charge in [-0.15, -0.1) is 0 Å². The number of aromatic nitrogens is 2. The van der Waals surface area contributed by atoms with E-state index in [4.69, 9.17) is 5.73 Å². The monoisotopic (exact) mass is 414 g/mol. The van der Waals surface area contributed by atoms with Gasteiger partial charge in [0.25, 0.3) is 5.91 Å². The highest BCUT2D eigenvalue weighted by Crippen LogP contribution is 2.35. The Morgan fingerprint density at radius 3 is 2.81 bits per heavy atom. The zero-order valence-electron chi connectivity index (χ0n) is 17.4. The van der Waals surface area contributed by atoms with E-state index in [9.17, 15) is 10.1 Å². The summed E-state index contributed by atoms with van der Waals surface area (Å²) in [6.45, 7) is 3.01. The number of piperazine rings is 1. The maximum atomic E-state index is 11.9. The number of aryl methyl sites for hydroxylation is 1. The number of hydrogen-bond donors (Lipinski definition) is 2. The molecule has 2 fully saturated rings.